The highest BCUT2D eigenvalue weighted by molar-refractivity contribution is 6.33. The summed E-state index contributed by atoms with van der Waals surface area (Å²) in [5, 5.41) is 3.38. The summed E-state index contributed by atoms with van der Waals surface area (Å²) in [6, 6.07) is 32.3. The van der Waals surface area contributed by atoms with Crippen molar-refractivity contribution in [2.45, 2.75) is 45.3 Å². The lowest BCUT2D eigenvalue weighted by Crippen LogP contribution is -2.36. The van der Waals surface area contributed by atoms with Crippen LogP contribution in [0.3, 0.4) is 0 Å². The molecule has 1 N–H and O–H groups in total. The van der Waals surface area contributed by atoms with Gasteiger partial charge in [-0.3, -0.25) is 0 Å². The number of rotatable bonds is 9. The Kier molecular flexibility index (Phi) is 9.37. The van der Waals surface area contributed by atoms with Crippen LogP contribution in [0.4, 0.5) is 9.59 Å². The fourth-order valence-electron chi connectivity index (χ4n) is 5.42. The van der Waals surface area contributed by atoms with E-state index < -0.39 is 17.8 Å². The van der Waals surface area contributed by atoms with E-state index in [1.807, 2.05) is 93.6 Å². The van der Waals surface area contributed by atoms with Gasteiger partial charge in [0.25, 0.3) is 0 Å². The number of carbonyl (C=O) groups excluding carboxylic acids is 2. The summed E-state index contributed by atoms with van der Waals surface area (Å²) in [6.07, 6.45) is -0.370. The quantitative estimate of drug-likeness (QED) is 0.196. The molecule has 0 aliphatic heterocycles. The second-order valence-corrected chi connectivity index (χ2v) is 12.1. The number of halogens is 1. The zero-order valence-electron chi connectivity index (χ0n) is 24.8. The number of nitrogens with zero attached hydrogens (tertiary/aromatic N) is 1. The van der Waals surface area contributed by atoms with Crippen molar-refractivity contribution in [2.24, 2.45) is 0 Å². The molecule has 0 bridgehead atoms. The first kappa shape index (κ1) is 30.2. The molecule has 0 fully saturated rings. The summed E-state index contributed by atoms with van der Waals surface area (Å²) in [4.78, 5) is 27.4. The number of carbonyl (C=O) groups is 2. The summed E-state index contributed by atoms with van der Waals surface area (Å²) in [6.45, 7) is 6.74. The Morgan fingerprint density at radius 3 is 2.09 bits per heavy atom. The van der Waals surface area contributed by atoms with Crippen LogP contribution < -0.4 is 5.32 Å². The van der Waals surface area contributed by atoms with Crippen molar-refractivity contribution in [2.75, 3.05) is 19.7 Å². The maximum atomic E-state index is 13.6. The van der Waals surface area contributed by atoms with Gasteiger partial charge >= 0.3 is 12.2 Å². The topological polar surface area (TPSA) is 67.9 Å². The normalized spacial score (nSPS) is 12.3. The van der Waals surface area contributed by atoms with E-state index in [0.29, 0.717) is 31.1 Å². The van der Waals surface area contributed by atoms with Crippen molar-refractivity contribution in [1.82, 2.24) is 10.2 Å². The predicted octanol–water partition coefficient (Wildman–Crippen LogP) is 8.67. The zero-order valence-corrected chi connectivity index (χ0v) is 25.6. The zero-order chi connectivity index (χ0) is 30.4. The van der Waals surface area contributed by atoms with E-state index in [4.69, 9.17) is 21.1 Å². The molecule has 0 spiro atoms. The Labute approximate surface area is 258 Å². The van der Waals surface area contributed by atoms with Gasteiger partial charge in [-0.2, -0.15) is 0 Å². The lowest BCUT2D eigenvalue weighted by Gasteiger charge is -2.24. The van der Waals surface area contributed by atoms with E-state index in [9.17, 15) is 9.59 Å². The molecule has 4 aromatic rings. The Bertz CT molecular complexity index is 1540. The van der Waals surface area contributed by atoms with E-state index in [0.717, 1.165) is 27.8 Å². The predicted molar refractivity (Wildman–Crippen MR) is 171 cm³/mol. The Morgan fingerprint density at radius 1 is 0.837 bits per heavy atom. The Balaban J connectivity index is 1.29. The molecule has 0 heterocycles. The molecule has 0 unspecified atom stereocenters. The molecule has 5 rings (SSSR count). The minimum Gasteiger partial charge on any atom is -0.448 e. The molecule has 0 saturated carbocycles. The molecule has 6 nitrogen and oxygen atoms in total. The van der Waals surface area contributed by atoms with Crippen molar-refractivity contribution in [3.05, 3.63) is 119 Å². The monoisotopic (exact) mass is 596 g/mol. The first-order valence-electron chi connectivity index (χ1n) is 14.6. The van der Waals surface area contributed by atoms with Crippen LogP contribution >= 0.6 is 11.6 Å². The van der Waals surface area contributed by atoms with Gasteiger partial charge in [0.05, 0.1) is 0 Å². The number of fused-ring (bicyclic) bond motifs is 3. The van der Waals surface area contributed by atoms with Crippen molar-refractivity contribution in [3.63, 3.8) is 0 Å². The highest BCUT2D eigenvalue weighted by Gasteiger charge is 2.30. The highest BCUT2D eigenvalue weighted by atomic mass is 35.5. The molecule has 43 heavy (non-hydrogen) atoms. The Hall–Kier alpha value is -4.29. The molecule has 1 aliphatic carbocycles. The third kappa shape index (κ3) is 7.57. The summed E-state index contributed by atoms with van der Waals surface area (Å²) in [5.74, 6) is -0.0355. The minimum atomic E-state index is -0.581. The summed E-state index contributed by atoms with van der Waals surface area (Å²) in [7, 11) is 0. The molecule has 0 radical (unpaired) electrons. The smallest absolute Gasteiger partial charge is 0.410 e. The fraction of sp³-hybridized carbons (Fsp3) is 0.278. The number of benzene rings is 4. The van der Waals surface area contributed by atoms with Crippen LogP contribution in [0.5, 0.6) is 0 Å². The lowest BCUT2D eigenvalue weighted by molar-refractivity contribution is 0.0525. The fourth-order valence-corrected chi connectivity index (χ4v) is 5.74. The van der Waals surface area contributed by atoms with E-state index in [1.54, 1.807) is 4.90 Å². The molecule has 0 saturated heterocycles. The molecular formula is C36H37ClN2O4. The van der Waals surface area contributed by atoms with Gasteiger partial charge in [0.15, 0.2) is 0 Å². The van der Waals surface area contributed by atoms with Crippen LogP contribution in [-0.4, -0.2) is 42.4 Å². The molecule has 7 heteroatoms. The standard InChI is InChI=1S/C36H37ClN2O4/c1-36(2,3)43-34(40)38-20-11-21-39(23-25-18-19-27(33(37)22-25)26-12-5-4-6-13-26)35(41)42-24-32-30-16-9-7-14-28(30)29-15-8-10-17-31(29)32/h4-10,12-19,22,32H,11,20-21,23-24H2,1-3H3,(H,38,40). The maximum Gasteiger partial charge on any atom is 0.410 e. The summed E-state index contributed by atoms with van der Waals surface area (Å²) in [5.41, 5.74) is 6.94. The lowest BCUT2D eigenvalue weighted by atomic mass is 9.98. The van der Waals surface area contributed by atoms with Crippen LogP contribution in [0.15, 0.2) is 97.1 Å². The van der Waals surface area contributed by atoms with Crippen LogP contribution in [0, 0.1) is 0 Å². The largest absolute Gasteiger partial charge is 0.448 e. The van der Waals surface area contributed by atoms with Gasteiger partial charge < -0.3 is 19.7 Å². The van der Waals surface area contributed by atoms with Gasteiger partial charge in [-0.15, -0.1) is 0 Å². The van der Waals surface area contributed by atoms with Crippen molar-refractivity contribution in [3.8, 4) is 22.3 Å². The van der Waals surface area contributed by atoms with E-state index in [-0.39, 0.29) is 12.5 Å². The van der Waals surface area contributed by atoms with Gasteiger partial charge in [-0.1, -0.05) is 103 Å². The average Bonchev–Trinajstić information content (AvgIpc) is 3.30. The molecule has 0 aromatic heterocycles. The number of ether oxygens (including phenoxy) is 2. The second kappa shape index (κ2) is 13.3. The van der Waals surface area contributed by atoms with E-state index in [2.05, 4.69) is 29.6 Å². The molecule has 1 aliphatic rings. The van der Waals surface area contributed by atoms with Crippen LogP contribution in [0.25, 0.3) is 22.3 Å². The number of amides is 2. The van der Waals surface area contributed by atoms with E-state index >= 15 is 0 Å². The van der Waals surface area contributed by atoms with Crippen molar-refractivity contribution in [1.29, 1.82) is 0 Å². The number of hydrogen-bond donors (Lipinski definition) is 1. The van der Waals surface area contributed by atoms with Gasteiger partial charge in [-0.05, 0) is 66.6 Å². The Morgan fingerprint density at radius 2 is 1.47 bits per heavy atom. The van der Waals surface area contributed by atoms with E-state index in [1.165, 1.54) is 11.1 Å². The summed E-state index contributed by atoms with van der Waals surface area (Å²) >= 11 is 6.69. The minimum absolute atomic E-state index is 0.0355. The highest BCUT2D eigenvalue weighted by Crippen LogP contribution is 2.44. The van der Waals surface area contributed by atoms with Crippen LogP contribution in [0.1, 0.15) is 49.8 Å². The first-order chi connectivity index (χ1) is 20.7. The second-order valence-electron chi connectivity index (χ2n) is 11.7. The third-order valence-electron chi connectivity index (χ3n) is 7.36. The average molecular weight is 597 g/mol. The molecule has 4 aromatic carbocycles. The maximum absolute atomic E-state index is 13.6. The SMILES string of the molecule is CC(C)(C)OC(=O)NCCCN(Cc1ccc(-c2ccccc2)c(Cl)c1)C(=O)OCC1c2ccccc2-c2ccccc21. The van der Waals surface area contributed by atoms with Crippen molar-refractivity contribution >= 4 is 23.8 Å². The first-order valence-corrected chi connectivity index (χ1v) is 15.0. The number of alkyl carbamates (subject to hydrolysis) is 1. The molecule has 0 atom stereocenters. The number of nitrogens with one attached hydrogen (secondary N) is 1. The molecule has 222 valence electrons. The molecular weight excluding hydrogens is 560 g/mol. The van der Waals surface area contributed by atoms with Crippen LogP contribution in [-0.2, 0) is 16.0 Å². The number of hydrogen-bond acceptors (Lipinski definition) is 4. The summed E-state index contributed by atoms with van der Waals surface area (Å²) < 4.78 is 11.3. The van der Waals surface area contributed by atoms with Gasteiger partial charge in [0.1, 0.15) is 12.2 Å². The van der Waals surface area contributed by atoms with Gasteiger partial charge in [0, 0.05) is 36.1 Å². The van der Waals surface area contributed by atoms with Crippen LogP contribution in [0.2, 0.25) is 5.02 Å². The van der Waals surface area contributed by atoms with Gasteiger partial charge in [-0.25, -0.2) is 9.59 Å². The van der Waals surface area contributed by atoms with Gasteiger partial charge in [0.2, 0.25) is 0 Å². The third-order valence-corrected chi connectivity index (χ3v) is 7.67. The molecule has 2 amide bonds. The van der Waals surface area contributed by atoms with Crippen molar-refractivity contribution < 1.29 is 19.1 Å².